The number of likely N-dealkylation sites (N-methyl/N-ethyl adjacent to an activating group) is 1. The van der Waals surface area contributed by atoms with Crippen LogP contribution in [0.2, 0.25) is 0 Å². The van der Waals surface area contributed by atoms with E-state index >= 15 is 0 Å². The Morgan fingerprint density at radius 2 is 1.70 bits per heavy atom. The minimum absolute atomic E-state index is 0.183. The SMILES string of the molecule is CN(C1CCC(C)(C)CC1)C1(CN)CSCCC1(C)C. The van der Waals surface area contributed by atoms with E-state index in [9.17, 15) is 0 Å². The van der Waals surface area contributed by atoms with Crippen molar-refractivity contribution in [3.05, 3.63) is 0 Å². The van der Waals surface area contributed by atoms with Crippen LogP contribution in [0, 0.1) is 10.8 Å². The Morgan fingerprint density at radius 1 is 1.10 bits per heavy atom. The number of hydrogen-bond donors (Lipinski definition) is 1. The maximum absolute atomic E-state index is 6.32. The molecule has 0 amide bonds. The van der Waals surface area contributed by atoms with Crippen molar-refractivity contribution >= 4 is 11.8 Å². The molecule has 1 atom stereocenters. The number of hydrogen-bond acceptors (Lipinski definition) is 3. The van der Waals surface area contributed by atoms with Crippen molar-refractivity contribution in [2.24, 2.45) is 16.6 Å². The molecule has 0 radical (unpaired) electrons. The van der Waals surface area contributed by atoms with Gasteiger partial charge < -0.3 is 5.73 Å². The average Bonchev–Trinajstić information content (AvgIpc) is 2.38. The molecule has 1 saturated heterocycles. The Kier molecular flexibility index (Phi) is 4.83. The maximum atomic E-state index is 6.32. The van der Waals surface area contributed by atoms with Gasteiger partial charge in [0.05, 0.1) is 0 Å². The van der Waals surface area contributed by atoms with Gasteiger partial charge in [0.1, 0.15) is 0 Å². The normalized spacial score (nSPS) is 34.4. The van der Waals surface area contributed by atoms with Crippen LogP contribution in [0.1, 0.15) is 59.8 Å². The van der Waals surface area contributed by atoms with Gasteiger partial charge in [0.25, 0.3) is 0 Å². The van der Waals surface area contributed by atoms with Crippen LogP contribution in [0.3, 0.4) is 0 Å². The molecule has 2 aliphatic rings. The van der Waals surface area contributed by atoms with Crippen molar-refractivity contribution in [3.8, 4) is 0 Å². The lowest BCUT2D eigenvalue weighted by Gasteiger charge is -2.57. The molecule has 3 heteroatoms. The molecule has 1 saturated carbocycles. The minimum atomic E-state index is 0.183. The van der Waals surface area contributed by atoms with Gasteiger partial charge in [-0.3, -0.25) is 4.90 Å². The van der Waals surface area contributed by atoms with E-state index in [1.165, 1.54) is 43.6 Å². The summed E-state index contributed by atoms with van der Waals surface area (Å²) in [5.74, 6) is 2.49. The summed E-state index contributed by atoms with van der Waals surface area (Å²) in [6.45, 7) is 10.5. The fraction of sp³-hybridized carbons (Fsp3) is 1.00. The molecule has 0 aromatic heterocycles. The molecular weight excluding hydrogens is 264 g/mol. The van der Waals surface area contributed by atoms with E-state index in [-0.39, 0.29) is 5.54 Å². The zero-order chi connectivity index (χ0) is 15.0. The first-order valence-electron chi connectivity index (χ1n) is 8.25. The van der Waals surface area contributed by atoms with Gasteiger partial charge >= 0.3 is 0 Å². The predicted octanol–water partition coefficient (Wildman–Crippen LogP) is 3.75. The standard InChI is InChI=1S/C17H34N2S/c1-15(2)8-6-14(7-9-15)19(5)17(12-18)13-20-11-10-16(17,3)4/h14H,6-13,18H2,1-5H3. The van der Waals surface area contributed by atoms with Crippen LogP contribution >= 0.6 is 11.8 Å². The Balaban J connectivity index is 2.15. The zero-order valence-corrected chi connectivity index (χ0v) is 15.0. The highest BCUT2D eigenvalue weighted by Gasteiger charge is 2.50. The summed E-state index contributed by atoms with van der Waals surface area (Å²) in [5.41, 5.74) is 7.38. The van der Waals surface area contributed by atoms with Crippen LogP contribution < -0.4 is 5.73 Å². The average molecular weight is 299 g/mol. The number of nitrogens with two attached hydrogens (primary N) is 1. The third kappa shape index (κ3) is 2.91. The summed E-state index contributed by atoms with van der Waals surface area (Å²) in [7, 11) is 2.35. The van der Waals surface area contributed by atoms with Crippen molar-refractivity contribution in [1.29, 1.82) is 0 Å². The van der Waals surface area contributed by atoms with E-state index < -0.39 is 0 Å². The van der Waals surface area contributed by atoms with Gasteiger partial charge in [-0.2, -0.15) is 11.8 Å². The van der Waals surface area contributed by atoms with E-state index in [4.69, 9.17) is 5.73 Å². The molecule has 20 heavy (non-hydrogen) atoms. The summed E-state index contributed by atoms with van der Waals surface area (Å²) < 4.78 is 0. The van der Waals surface area contributed by atoms with E-state index in [1.807, 2.05) is 0 Å². The lowest BCUT2D eigenvalue weighted by atomic mass is 9.68. The van der Waals surface area contributed by atoms with Gasteiger partial charge in [-0.1, -0.05) is 27.7 Å². The van der Waals surface area contributed by atoms with Crippen molar-refractivity contribution < 1.29 is 0 Å². The Bertz CT molecular complexity index is 330. The van der Waals surface area contributed by atoms with Crippen LogP contribution in [-0.4, -0.2) is 41.6 Å². The molecule has 1 aliphatic carbocycles. The molecule has 0 spiro atoms. The Hall–Kier alpha value is 0.270. The molecule has 2 fully saturated rings. The molecule has 1 aliphatic heterocycles. The second-order valence-electron chi connectivity index (χ2n) is 8.43. The van der Waals surface area contributed by atoms with E-state index in [0.717, 1.165) is 12.6 Å². The minimum Gasteiger partial charge on any atom is -0.329 e. The van der Waals surface area contributed by atoms with Crippen molar-refractivity contribution in [3.63, 3.8) is 0 Å². The Labute approximate surface area is 130 Å². The van der Waals surface area contributed by atoms with E-state index in [0.29, 0.717) is 10.8 Å². The summed E-state index contributed by atoms with van der Waals surface area (Å²) in [5, 5.41) is 0. The summed E-state index contributed by atoms with van der Waals surface area (Å²) >= 11 is 2.10. The smallest absolute Gasteiger partial charge is 0.0472 e. The maximum Gasteiger partial charge on any atom is 0.0472 e. The zero-order valence-electron chi connectivity index (χ0n) is 14.2. The summed E-state index contributed by atoms with van der Waals surface area (Å²) in [6, 6.07) is 0.726. The molecule has 2 rings (SSSR count). The van der Waals surface area contributed by atoms with Crippen LogP contribution in [0.5, 0.6) is 0 Å². The second-order valence-corrected chi connectivity index (χ2v) is 9.53. The van der Waals surface area contributed by atoms with Gasteiger partial charge in [0.15, 0.2) is 0 Å². The van der Waals surface area contributed by atoms with Crippen molar-refractivity contribution in [1.82, 2.24) is 4.90 Å². The topological polar surface area (TPSA) is 29.3 Å². The van der Waals surface area contributed by atoms with E-state index in [1.54, 1.807) is 0 Å². The molecule has 0 aromatic carbocycles. The molecule has 1 heterocycles. The molecule has 118 valence electrons. The fourth-order valence-corrected chi connectivity index (χ4v) is 6.02. The molecular formula is C17H34N2S. The van der Waals surface area contributed by atoms with Crippen molar-refractivity contribution in [2.45, 2.75) is 71.4 Å². The highest BCUT2D eigenvalue weighted by molar-refractivity contribution is 7.99. The van der Waals surface area contributed by atoms with Crippen LogP contribution in [0.15, 0.2) is 0 Å². The molecule has 2 nitrogen and oxygen atoms in total. The first-order chi connectivity index (χ1) is 9.24. The number of rotatable bonds is 3. The highest BCUT2D eigenvalue weighted by Crippen LogP contribution is 2.48. The first kappa shape index (κ1) is 16.6. The van der Waals surface area contributed by atoms with Crippen molar-refractivity contribution in [2.75, 3.05) is 25.1 Å². The van der Waals surface area contributed by atoms with Gasteiger partial charge in [0, 0.05) is 23.9 Å². The van der Waals surface area contributed by atoms with Gasteiger partial charge in [-0.05, 0) is 55.7 Å². The third-order valence-electron chi connectivity index (χ3n) is 6.34. The molecule has 0 bridgehead atoms. The van der Waals surface area contributed by atoms with Crippen LogP contribution in [0.25, 0.3) is 0 Å². The quantitative estimate of drug-likeness (QED) is 0.860. The summed E-state index contributed by atoms with van der Waals surface area (Å²) in [4.78, 5) is 2.69. The lowest BCUT2D eigenvalue weighted by Crippen LogP contribution is -2.67. The van der Waals surface area contributed by atoms with E-state index in [2.05, 4.69) is 51.4 Å². The van der Waals surface area contributed by atoms with Gasteiger partial charge in [0.2, 0.25) is 0 Å². The molecule has 1 unspecified atom stereocenters. The van der Waals surface area contributed by atoms with Crippen LogP contribution in [0.4, 0.5) is 0 Å². The largest absolute Gasteiger partial charge is 0.329 e. The molecule has 0 aromatic rings. The van der Waals surface area contributed by atoms with Gasteiger partial charge in [-0.25, -0.2) is 0 Å². The second kappa shape index (κ2) is 5.81. The monoisotopic (exact) mass is 298 g/mol. The highest BCUT2D eigenvalue weighted by atomic mass is 32.2. The number of nitrogens with zero attached hydrogens (tertiary/aromatic N) is 1. The predicted molar refractivity (Wildman–Crippen MR) is 91.3 cm³/mol. The first-order valence-corrected chi connectivity index (χ1v) is 9.40. The molecule has 2 N–H and O–H groups in total. The fourth-order valence-electron chi connectivity index (χ4n) is 4.18. The third-order valence-corrected chi connectivity index (χ3v) is 7.52. The summed E-state index contributed by atoms with van der Waals surface area (Å²) in [6.07, 6.45) is 6.68. The van der Waals surface area contributed by atoms with Gasteiger partial charge in [-0.15, -0.1) is 0 Å². The number of thioether (sulfide) groups is 1. The Morgan fingerprint density at radius 3 is 2.20 bits per heavy atom. The lowest BCUT2D eigenvalue weighted by molar-refractivity contribution is -0.0276. The van der Waals surface area contributed by atoms with Crippen LogP contribution in [-0.2, 0) is 0 Å².